The Balaban J connectivity index is 1.94. The molecule has 0 fully saturated rings. The first-order chi connectivity index (χ1) is 15.1. The summed E-state index contributed by atoms with van der Waals surface area (Å²) in [7, 11) is 0. The van der Waals surface area contributed by atoms with E-state index < -0.39 is 10.8 Å². The molecule has 0 aliphatic rings. The number of nitro benzene ring substituents is 1. The molecule has 162 valence electrons. The number of carbonyl (C=O) groups is 1. The molecule has 7 nitrogen and oxygen atoms in total. The monoisotopic (exact) mass is 468 g/mol. The van der Waals surface area contributed by atoms with E-state index in [4.69, 9.17) is 23.2 Å². The third kappa shape index (κ3) is 4.83. The Kier molecular flexibility index (Phi) is 6.68. The second-order valence-corrected chi connectivity index (χ2v) is 8.04. The van der Waals surface area contributed by atoms with Crippen LogP contribution in [0.5, 0.6) is 0 Å². The number of benzene rings is 2. The van der Waals surface area contributed by atoms with Crippen LogP contribution in [0.1, 0.15) is 22.5 Å². The van der Waals surface area contributed by atoms with Gasteiger partial charge in [0.25, 0.3) is 11.6 Å². The molecule has 0 atom stereocenters. The molecule has 2 aromatic carbocycles. The van der Waals surface area contributed by atoms with Crippen molar-refractivity contribution < 1.29 is 9.72 Å². The summed E-state index contributed by atoms with van der Waals surface area (Å²) in [5.41, 5.74) is 3.84. The van der Waals surface area contributed by atoms with Crippen LogP contribution < -0.4 is 5.32 Å². The second-order valence-electron chi connectivity index (χ2n) is 7.17. The standard InChI is InChI=1S/C23H18Cl2N4O3/c1-13-6-20(29(31)32)4-5-22(13)27-23(30)17(12-26)8-16-7-14(2)28(15(16)3)21-10-18(24)9-19(25)11-21/h4-11H,1-3H3,(H,27,30). The van der Waals surface area contributed by atoms with Crippen LogP contribution in [0.3, 0.4) is 0 Å². The van der Waals surface area contributed by atoms with Gasteiger partial charge in [-0.05, 0) is 68.3 Å². The fraction of sp³-hybridized carbons (Fsp3) is 0.130. The van der Waals surface area contributed by atoms with E-state index in [-0.39, 0.29) is 11.3 Å². The van der Waals surface area contributed by atoms with Crippen molar-refractivity contribution in [1.82, 2.24) is 4.57 Å². The zero-order valence-corrected chi connectivity index (χ0v) is 19.0. The van der Waals surface area contributed by atoms with Crippen LogP contribution >= 0.6 is 23.2 Å². The molecule has 1 aromatic heterocycles. The predicted molar refractivity (Wildman–Crippen MR) is 125 cm³/mol. The van der Waals surface area contributed by atoms with Gasteiger partial charge in [0.05, 0.1) is 4.92 Å². The molecule has 1 amide bonds. The van der Waals surface area contributed by atoms with Crippen molar-refractivity contribution in [2.24, 2.45) is 0 Å². The Morgan fingerprint density at radius 2 is 1.78 bits per heavy atom. The highest BCUT2D eigenvalue weighted by Gasteiger charge is 2.16. The summed E-state index contributed by atoms with van der Waals surface area (Å²) >= 11 is 12.3. The van der Waals surface area contributed by atoms with Crippen LogP contribution in [-0.2, 0) is 4.79 Å². The maximum Gasteiger partial charge on any atom is 0.269 e. The summed E-state index contributed by atoms with van der Waals surface area (Å²) < 4.78 is 1.93. The number of nitrogens with one attached hydrogen (secondary N) is 1. The number of carbonyl (C=O) groups excluding carboxylic acids is 1. The molecule has 0 saturated carbocycles. The highest BCUT2D eigenvalue weighted by atomic mass is 35.5. The summed E-state index contributed by atoms with van der Waals surface area (Å²) in [5.74, 6) is -0.611. The third-order valence-electron chi connectivity index (χ3n) is 4.91. The summed E-state index contributed by atoms with van der Waals surface area (Å²) in [6, 6.07) is 13.1. The number of hydrogen-bond donors (Lipinski definition) is 1. The molecular weight excluding hydrogens is 451 g/mol. The van der Waals surface area contributed by atoms with Gasteiger partial charge in [-0.1, -0.05) is 23.2 Å². The molecule has 0 spiro atoms. The summed E-state index contributed by atoms with van der Waals surface area (Å²) in [4.78, 5) is 23.1. The molecule has 1 heterocycles. The van der Waals surface area contributed by atoms with Crippen molar-refractivity contribution in [3.05, 3.63) is 90.7 Å². The first-order valence-corrected chi connectivity index (χ1v) is 10.2. The van der Waals surface area contributed by atoms with E-state index >= 15 is 0 Å². The Bertz CT molecular complexity index is 1300. The lowest BCUT2D eigenvalue weighted by atomic mass is 10.1. The number of aromatic nitrogens is 1. The molecule has 0 bridgehead atoms. The van der Waals surface area contributed by atoms with Gasteiger partial charge in [0, 0.05) is 44.9 Å². The van der Waals surface area contributed by atoms with E-state index in [1.807, 2.05) is 30.6 Å². The van der Waals surface area contributed by atoms with Crippen molar-refractivity contribution >= 4 is 46.6 Å². The number of anilines is 1. The largest absolute Gasteiger partial charge is 0.321 e. The van der Waals surface area contributed by atoms with Gasteiger partial charge in [0.15, 0.2) is 0 Å². The van der Waals surface area contributed by atoms with E-state index in [9.17, 15) is 20.2 Å². The second kappa shape index (κ2) is 9.27. The Hall–Kier alpha value is -3.60. The molecule has 32 heavy (non-hydrogen) atoms. The molecule has 3 aromatic rings. The summed E-state index contributed by atoms with van der Waals surface area (Å²) in [5, 5.41) is 24.1. The SMILES string of the molecule is Cc1cc([N+](=O)[O-])ccc1NC(=O)C(C#N)=Cc1cc(C)n(-c2cc(Cl)cc(Cl)c2)c1C. The van der Waals surface area contributed by atoms with Crippen LogP contribution in [-0.4, -0.2) is 15.4 Å². The van der Waals surface area contributed by atoms with Crippen LogP contribution in [0.2, 0.25) is 10.0 Å². The lowest BCUT2D eigenvalue weighted by molar-refractivity contribution is -0.384. The Labute approximate surface area is 194 Å². The van der Waals surface area contributed by atoms with Crippen LogP contribution in [0.4, 0.5) is 11.4 Å². The molecule has 0 saturated heterocycles. The highest BCUT2D eigenvalue weighted by Crippen LogP contribution is 2.28. The Morgan fingerprint density at radius 3 is 2.34 bits per heavy atom. The fourth-order valence-electron chi connectivity index (χ4n) is 3.39. The molecule has 0 unspecified atom stereocenters. The third-order valence-corrected chi connectivity index (χ3v) is 5.35. The van der Waals surface area contributed by atoms with E-state index in [2.05, 4.69) is 5.32 Å². The van der Waals surface area contributed by atoms with E-state index in [1.165, 1.54) is 24.3 Å². The average molecular weight is 469 g/mol. The van der Waals surface area contributed by atoms with Gasteiger partial charge in [0.1, 0.15) is 11.6 Å². The zero-order chi connectivity index (χ0) is 23.6. The normalized spacial score (nSPS) is 11.2. The number of non-ortho nitro benzene ring substituents is 1. The first kappa shape index (κ1) is 23.1. The average Bonchev–Trinajstić information content (AvgIpc) is 2.99. The molecule has 0 aliphatic heterocycles. The molecular formula is C23H18Cl2N4O3. The molecule has 3 rings (SSSR count). The molecule has 9 heteroatoms. The van der Waals surface area contributed by atoms with Crippen molar-refractivity contribution in [3.63, 3.8) is 0 Å². The van der Waals surface area contributed by atoms with Gasteiger partial charge in [-0.15, -0.1) is 0 Å². The van der Waals surface area contributed by atoms with Gasteiger partial charge < -0.3 is 9.88 Å². The molecule has 0 aliphatic carbocycles. The number of aryl methyl sites for hydroxylation is 2. The number of nitro groups is 1. The van der Waals surface area contributed by atoms with Crippen LogP contribution in [0.25, 0.3) is 11.8 Å². The first-order valence-electron chi connectivity index (χ1n) is 9.44. The number of nitrogens with zero attached hydrogens (tertiary/aromatic N) is 3. The maximum atomic E-state index is 12.7. The minimum Gasteiger partial charge on any atom is -0.321 e. The quantitative estimate of drug-likeness (QED) is 0.209. The lowest BCUT2D eigenvalue weighted by Crippen LogP contribution is -2.14. The van der Waals surface area contributed by atoms with Crippen molar-refractivity contribution in [3.8, 4) is 11.8 Å². The number of halogens is 2. The van der Waals surface area contributed by atoms with Crippen LogP contribution in [0.15, 0.2) is 48.0 Å². The number of rotatable bonds is 5. The smallest absolute Gasteiger partial charge is 0.269 e. The van der Waals surface area contributed by atoms with Gasteiger partial charge in [-0.25, -0.2) is 0 Å². The van der Waals surface area contributed by atoms with Gasteiger partial charge >= 0.3 is 0 Å². The van der Waals surface area contributed by atoms with E-state index in [0.29, 0.717) is 26.9 Å². The van der Waals surface area contributed by atoms with Crippen molar-refractivity contribution in [2.45, 2.75) is 20.8 Å². The summed E-state index contributed by atoms with van der Waals surface area (Å²) in [6.07, 6.45) is 1.50. The lowest BCUT2D eigenvalue weighted by Gasteiger charge is -2.11. The minimum absolute atomic E-state index is 0.0786. The highest BCUT2D eigenvalue weighted by molar-refractivity contribution is 6.34. The number of hydrogen-bond acceptors (Lipinski definition) is 4. The van der Waals surface area contributed by atoms with Gasteiger partial charge in [-0.2, -0.15) is 5.26 Å². The topological polar surface area (TPSA) is 101 Å². The van der Waals surface area contributed by atoms with Crippen LogP contribution in [0, 0.1) is 42.2 Å². The number of nitriles is 1. The van der Waals surface area contributed by atoms with E-state index in [0.717, 1.165) is 17.1 Å². The Morgan fingerprint density at radius 1 is 1.12 bits per heavy atom. The van der Waals surface area contributed by atoms with Crippen molar-refractivity contribution in [1.29, 1.82) is 5.26 Å². The maximum absolute atomic E-state index is 12.7. The minimum atomic E-state index is -0.611. The van der Waals surface area contributed by atoms with Crippen molar-refractivity contribution in [2.75, 3.05) is 5.32 Å². The zero-order valence-electron chi connectivity index (χ0n) is 17.4. The fourth-order valence-corrected chi connectivity index (χ4v) is 3.91. The predicted octanol–water partition coefficient (Wildman–Crippen LogP) is 6.16. The molecule has 1 N–H and O–H groups in total. The van der Waals surface area contributed by atoms with Gasteiger partial charge in [0.2, 0.25) is 0 Å². The number of amides is 1. The van der Waals surface area contributed by atoms with E-state index in [1.54, 1.807) is 25.1 Å². The summed E-state index contributed by atoms with van der Waals surface area (Å²) in [6.45, 7) is 5.40. The van der Waals surface area contributed by atoms with Gasteiger partial charge in [-0.3, -0.25) is 14.9 Å². The molecule has 0 radical (unpaired) electrons.